The Hall–Kier alpha value is -2.18. The van der Waals surface area contributed by atoms with Crippen LogP contribution in [0, 0.1) is 0 Å². The maximum atomic E-state index is 13.7. The number of rotatable bonds is 13. The quantitative estimate of drug-likeness (QED) is 0.215. The van der Waals surface area contributed by atoms with Crippen molar-refractivity contribution in [3.8, 4) is 0 Å². The molecular weight excluding hydrogens is 547 g/mol. The summed E-state index contributed by atoms with van der Waals surface area (Å²) in [7, 11) is 0. The molecule has 37 heavy (non-hydrogen) atoms. The average molecular weight is 578 g/mol. The lowest BCUT2D eigenvalue weighted by Crippen LogP contribution is -2.51. The zero-order chi connectivity index (χ0) is 26.6. The van der Waals surface area contributed by atoms with Crippen LogP contribution in [0.1, 0.15) is 36.5 Å². The van der Waals surface area contributed by atoms with E-state index in [2.05, 4.69) is 12.2 Å². The molecule has 1 atom stereocenters. The normalized spacial score (nSPS) is 11.7. The van der Waals surface area contributed by atoms with Gasteiger partial charge in [0.1, 0.15) is 6.04 Å². The van der Waals surface area contributed by atoms with Gasteiger partial charge in [-0.2, -0.15) is 0 Å². The van der Waals surface area contributed by atoms with Crippen molar-refractivity contribution >= 4 is 58.4 Å². The van der Waals surface area contributed by atoms with Crippen LogP contribution in [0.4, 0.5) is 0 Å². The summed E-state index contributed by atoms with van der Waals surface area (Å²) >= 11 is 19.9. The highest BCUT2D eigenvalue weighted by Crippen LogP contribution is 2.25. The first-order valence-electron chi connectivity index (χ1n) is 12.2. The smallest absolute Gasteiger partial charge is 0.243 e. The van der Waals surface area contributed by atoms with Gasteiger partial charge in [0, 0.05) is 40.3 Å². The molecule has 3 rings (SSSR count). The van der Waals surface area contributed by atoms with E-state index in [1.807, 2.05) is 48.5 Å². The Balaban J connectivity index is 1.83. The van der Waals surface area contributed by atoms with Crippen molar-refractivity contribution in [1.29, 1.82) is 0 Å². The lowest BCUT2D eigenvalue weighted by atomic mass is 10.0. The van der Waals surface area contributed by atoms with E-state index in [9.17, 15) is 9.59 Å². The van der Waals surface area contributed by atoms with Crippen LogP contribution >= 0.6 is 46.6 Å². The number of halogens is 3. The molecule has 0 heterocycles. The van der Waals surface area contributed by atoms with Gasteiger partial charge in [0.25, 0.3) is 0 Å². The summed E-state index contributed by atoms with van der Waals surface area (Å²) < 4.78 is 0. The fraction of sp³-hybridized carbons (Fsp3) is 0.310. The number of nitrogens with one attached hydrogen (secondary N) is 1. The van der Waals surface area contributed by atoms with Crippen LogP contribution in [0.3, 0.4) is 0 Å². The van der Waals surface area contributed by atoms with Crippen molar-refractivity contribution in [1.82, 2.24) is 10.2 Å². The lowest BCUT2D eigenvalue weighted by Gasteiger charge is -2.31. The number of benzene rings is 3. The first kappa shape index (κ1) is 29.4. The molecule has 2 amide bonds. The molecule has 0 fully saturated rings. The molecule has 0 aliphatic carbocycles. The van der Waals surface area contributed by atoms with Gasteiger partial charge in [-0.05, 0) is 47.4 Å². The number of nitrogens with zero attached hydrogens (tertiary/aromatic N) is 1. The van der Waals surface area contributed by atoms with Crippen LogP contribution in [0.5, 0.6) is 0 Å². The monoisotopic (exact) mass is 576 g/mol. The number of carbonyl (C=O) groups is 2. The summed E-state index contributed by atoms with van der Waals surface area (Å²) in [6.07, 6.45) is 2.28. The van der Waals surface area contributed by atoms with E-state index in [1.54, 1.807) is 29.2 Å². The molecule has 0 radical (unpaired) electrons. The summed E-state index contributed by atoms with van der Waals surface area (Å²) in [5.74, 6) is 0.504. The molecule has 0 aliphatic rings. The maximum Gasteiger partial charge on any atom is 0.243 e. The Bertz CT molecular complexity index is 1160. The average Bonchev–Trinajstić information content (AvgIpc) is 2.89. The van der Waals surface area contributed by atoms with Crippen molar-refractivity contribution in [2.75, 3.05) is 12.3 Å². The predicted octanol–water partition coefficient (Wildman–Crippen LogP) is 7.44. The van der Waals surface area contributed by atoms with Gasteiger partial charge in [-0.3, -0.25) is 9.59 Å². The van der Waals surface area contributed by atoms with Gasteiger partial charge < -0.3 is 10.2 Å². The van der Waals surface area contributed by atoms with Gasteiger partial charge in [0.05, 0.1) is 5.75 Å². The molecule has 0 bridgehead atoms. The third kappa shape index (κ3) is 9.57. The number of amides is 2. The summed E-state index contributed by atoms with van der Waals surface area (Å²) in [5.41, 5.74) is 2.81. The number of hydrogen-bond acceptors (Lipinski definition) is 3. The largest absolute Gasteiger partial charge is 0.354 e. The van der Waals surface area contributed by atoms with Crippen LogP contribution in [0.2, 0.25) is 15.1 Å². The molecule has 0 unspecified atom stereocenters. The Morgan fingerprint density at radius 1 is 0.919 bits per heavy atom. The Labute approximate surface area is 238 Å². The molecule has 0 aromatic heterocycles. The first-order valence-corrected chi connectivity index (χ1v) is 14.5. The Morgan fingerprint density at radius 3 is 2.30 bits per heavy atom. The van der Waals surface area contributed by atoms with Gasteiger partial charge in [-0.25, -0.2) is 0 Å². The molecule has 0 spiro atoms. The second-order valence-corrected chi connectivity index (χ2v) is 11.0. The highest BCUT2D eigenvalue weighted by molar-refractivity contribution is 7.99. The molecule has 3 aromatic carbocycles. The number of hydrogen-bond donors (Lipinski definition) is 1. The third-order valence-corrected chi connectivity index (χ3v) is 7.67. The Morgan fingerprint density at radius 2 is 1.62 bits per heavy atom. The summed E-state index contributed by atoms with van der Waals surface area (Å²) in [4.78, 5) is 28.8. The molecule has 3 aromatic rings. The van der Waals surface area contributed by atoms with Crippen molar-refractivity contribution in [3.05, 3.63) is 105 Å². The Kier molecular flexibility index (Phi) is 12.1. The molecular formula is C29H31Cl3N2O2S. The number of unbranched alkanes of at least 4 members (excludes halogenated alkanes) is 1. The molecule has 8 heteroatoms. The summed E-state index contributed by atoms with van der Waals surface area (Å²) in [5, 5.41) is 4.80. The topological polar surface area (TPSA) is 49.4 Å². The van der Waals surface area contributed by atoms with Crippen LogP contribution in [-0.2, 0) is 28.3 Å². The van der Waals surface area contributed by atoms with E-state index < -0.39 is 6.04 Å². The minimum Gasteiger partial charge on any atom is -0.354 e. The first-order chi connectivity index (χ1) is 17.9. The van der Waals surface area contributed by atoms with Crippen LogP contribution in [-0.4, -0.2) is 35.1 Å². The van der Waals surface area contributed by atoms with E-state index >= 15 is 0 Å². The van der Waals surface area contributed by atoms with Gasteiger partial charge in [0.15, 0.2) is 0 Å². The van der Waals surface area contributed by atoms with Crippen molar-refractivity contribution in [2.45, 2.75) is 44.5 Å². The third-order valence-electron chi connectivity index (χ3n) is 5.87. The van der Waals surface area contributed by atoms with E-state index in [0.717, 1.165) is 29.5 Å². The zero-order valence-electron chi connectivity index (χ0n) is 20.8. The molecule has 1 N–H and O–H groups in total. The minimum absolute atomic E-state index is 0.114. The molecule has 196 valence electrons. The maximum absolute atomic E-state index is 13.7. The molecule has 4 nitrogen and oxygen atoms in total. The lowest BCUT2D eigenvalue weighted by molar-refractivity contribution is -0.139. The highest BCUT2D eigenvalue weighted by atomic mass is 35.5. The van der Waals surface area contributed by atoms with Crippen LogP contribution in [0.15, 0.2) is 72.8 Å². The fourth-order valence-electron chi connectivity index (χ4n) is 3.82. The SMILES string of the molecule is CCCCNC(=O)[C@H](Cc1ccccc1)N(Cc1ccc(Cl)cc1)C(=O)CSCc1ccc(Cl)cc1Cl. The standard InChI is InChI=1S/C29H31Cl3N2O2S/c1-2-3-15-33-29(36)27(16-21-7-5-4-6-8-21)34(18-22-9-12-24(30)13-10-22)28(35)20-37-19-23-11-14-25(31)17-26(23)32/h4-14,17,27H,2-3,15-16,18-20H2,1H3,(H,33,36)/t27-/m0/s1. The molecule has 0 aliphatic heterocycles. The highest BCUT2D eigenvalue weighted by Gasteiger charge is 2.30. The van der Waals surface area contributed by atoms with Crippen molar-refractivity contribution < 1.29 is 9.59 Å². The predicted molar refractivity (Wildman–Crippen MR) is 156 cm³/mol. The fourth-order valence-corrected chi connectivity index (χ4v) is 5.41. The van der Waals surface area contributed by atoms with Crippen molar-refractivity contribution in [2.24, 2.45) is 0 Å². The van der Waals surface area contributed by atoms with E-state index in [-0.39, 0.29) is 17.6 Å². The van der Waals surface area contributed by atoms with E-state index in [4.69, 9.17) is 34.8 Å². The van der Waals surface area contributed by atoms with Gasteiger partial charge >= 0.3 is 0 Å². The summed E-state index contributed by atoms with van der Waals surface area (Å²) in [6.45, 7) is 2.96. The molecule has 0 saturated carbocycles. The van der Waals surface area contributed by atoms with Crippen molar-refractivity contribution in [3.63, 3.8) is 0 Å². The van der Waals surface area contributed by atoms with E-state index in [0.29, 0.717) is 40.3 Å². The molecule has 0 saturated heterocycles. The van der Waals surface area contributed by atoms with Gasteiger partial charge in [-0.15, -0.1) is 11.8 Å². The van der Waals surface area contributed by atoms with Crippen LogP contribution in [0.25, 0.3) is 0 Å². The van der Waals surface area contributed by atoms with E-state index in [1.165, 1.54) is 11.8 Å². The second-order valence-electron chi connectivity index (χ2n) is 8.73. The summed E-state index contributed by atoms with van der Waals surface area (Å²) in [6, 6.07) is 21.9. The number of thioether (sulfide) groups is 1. The van der Waals surface area contributed by atoms with Gasteiger partial charge in [-0.1, -0.05) is 96.7 Å². The van der Waals surface area contributed by atoms with Gasteiger partial charge in [0.2, 0.25) is 11.8 Å². The van der Waals surface area contributed by atoms with Crippen LogP contribution < -0.4 is 5.32 Å². The minimum atomic E-state index is -0.651. The zero-order valence-corrected chi connectivity index (χ0v) is 23.8. The number of carbonyl (C=O) groups excluding carboxylic acids is 2. The second kappa shape index (κ2) is 15.3.